The third kappa shape index (κ3) is 4.42. The number of hydrogen-bond donors (Lipinski definition) is 2. The predicted molar refractivity (Wildman–Crippen MR) is 80.9 cm³/mol. The van der Waals surface area contributed by atoms with E-state index in [0.29, 0.717) is 22.9 Å². The zero-order valence-electron chi connectivity index (χ0n) is 11.0. The minimum Gasteiger partial charge on any atom is -0.478 e. The topological polar surface area (TPSA) is 66.4 Å². The lowest BCUT2D eigenvalue weighted by atomic mass is 10.1. The van der Waals surface area contributed by atoms with E-state index in [-0.39, 0.29) is 5.91 Å². The Morgan fingerprint density at radius 1 is 1.45 bits per heavy atom. The smallest absolute Gasteiger partial charge is 0.328 e. The van der Waals surface area contributed by atoms with Gasteiger partial charge in [-0.15, -0.1) is 0 Å². The molecule has 1 saturated heterocycles. The molecule has 1 heterocycles. The van der Waals surface area contributed by atoms with Gasteiger partial charge in [0.1, 0.15) is 0 Å². The van der Waals surface area contributed by atoms with E-state index in [1.54, 1.807) is 24.3 Å². The van der Waals surface area contributed by atoms with Crippen LogP contribution in [0.15, 0.2) is 30.3 Å². The molecule has 0 bridgehead atoms. The highest BCUT2D eigenvalue weighted by molar-refractivity contribution is 8.00. The van der Waals surface area contributed by atoms with Crippen LogP contribution in [0.25, 0.3) is 6.08 Å². The molecule has 4 nitrogen and oxygen atoms in total. The van der Waals surface area contributed by atoms with Crippen molar-refractivity contribution in [2.45, 2.75) is 18.1 Å². The van der Waals surface area contributed by atoms with Crippen molar-refractivity contribution in [1.82, 2.24) is 5.32 Å². The fourth-order valence-corrected chi connectivity index (χ4v) is 3.27. The third-order valence-electron chi connectivity index (χ3n) is 3.08. The minimum atomic E-state index is -1.00. The summed E-state index contributed by atoms with van der Waals surface area (Å²) < 4.78 is 0. The Labute approximate surface area is 122 Å². The second-order valence-corrected chi connectivity index (χ2v) is 6.05. The predicted octanol–water partition coefficient (Wildman–Crippen LogP) is 2.41. The minimum absolute atomic E-state index is 0.108. The zero-order chi connectivity index (χ0) is 14.4. The molecular weight excluding hydrogens is 274 g/mol. The van der Waals surface area contributed by atoms with Gasteiger partial charge in [0.2, 0.25) is 0 Å². The lowest BCUT2D eigenvalue weighted by Crippen LogP contribution is -2.29. The van der Waals surface area contributed by atoms with Crippen LogP contribution in [0.4, 0.5) is 0 Å². The summed E-state index contributed by atoms with van der Waals surface area (Å²) in [5.41, 5.74) is 1.26. The second kappa shape index (κ2) is 7.14. The van der Waals surface area contributed by atoms with E-state index in [1.807, 2.05) is 11.8 Å². The average molecular weight is 291 g/mol. The van der Waals surface area contributed by atoms with Crippen molar-refractivity contribution in [3.05, 3.63) is 41.5 Å². The van der Waals surface area contributed by atoms with E-state index in [0.717, 1.165) is 12.5 Å². The first kappa shape index (κ1) is 14.7. The van der Waals surface area contributed by atoms with E-state index in [4.69, 9.17) is 5.11 Å². The second-order valence-electron chi connectivity index (χ2n) is 4.64. The van der Waals surface area contributed by atoms with Crippen LogP contribution in [0.3, 0.4) is 0 Å². The quantitative estimate of drug-likeness (QED) is 0.818. The highest BCUT2D eigenvalue weighted by Crippen LogP contribution is 2.25. The van der Waals surface area contributed by atoms with Crippen molar-refractivity contribution in [2.75, 3.05) is 12.3 Å². The molecule has 1 unspecified atom stereocenters. The first-order chi connectivity index (χ1) is 9.65. The highest BCUT2D eigenvalue weighted by Gasteiger charge is 2.16. The SMILES string of the molecule is O=C(O)/C=C/c1cccc(C(=O)NCC2CCCS2)c1. The fourth-order valence-electron chi connectivity index (χ4n) is 2.07. The Kier molecular flexibility index (Phi) is 5.24. The summed E-state index contributed by atoms with van der Waals surface area (Å²) in [6.45, 7) is 0.693. The molecular formula is C15H17NO3S. The number of hydrogen-bond acceptors (Lipinski definition) is 3. The Hall–Kier alpha value is -1.75. The average Bonchev–Trinajstić information content (AvgIpc) is 2.96. The van der Waals surface area contributed by atoms with Crippen LogP contribution >= 0.6 is 11.8 Å². The Morgan fingerprint density at radius 3 is 3.00 bits per heavy atom. The number of carbonyl (C=O) groups is 2. The van der Waals surface area contributed by atoms with Gasteiger partial charge in [-0.3, -0.25) is 4.79 Å². The molecule has 5 heteroatoms. The zero-order valence-corrected chi connectivity index (χ0v) is 11.9. The van der Waals surface area contributed by atoms with E-state index >= 15 is 0 Å². The van der Waals surface area contributed by atoms with Gasteiger partial charge in [-0.2, -0.15) is 11.8 Å². The van der Waals surface area contributed by atoms with Gasteiger partial charge in [-0.25, -0.2) is 4.79 Å². The van der Waals surface area contributed by atoms with Crippen molar-refractivity contribution >= 4 is 29.7 Å². The van der Waals surface area contributed by atoms with Crippen LogP contribution in [0.5, 0.6) is 0 Å². The molecule has 0 radical (unpaired) electrons. The van der Waals surface area contributed by atoms with Crippen LogP contribution in [0.1, 0.15) is 28.8 Å². The number of carboxylic acids is 1. The summed E-state index contributed by atoms with van der Waals surface area (Å²) in [6.07, 6.45) is 4.92. The van der Waals surface area contributed by atoms with Crippen molar-refractivity contribution in [1.29, 1.82) is 0 Å². The number of carbonyl (C=O) groups excluding carboxylic acids is 1. The summed E-state index contributed by atoms with van der Waals surface area (Å²) in [4.78, 5) is 22.5. The molecule has 0 aliphatic carbocycles. The maximum atomic E-state index is 12.0. The number of rotatable bonds is 5. The molecule has 1 aromatic rings. The van der Waals surface area contributed by atoms with E-state index < -0.39 is 5.97 Å². The van der Waals surface area contributed by atoms with Gasteiger partial charge in [0.05, 0.1) is 0 Å². The van der Waals surface area contributed by atoms with Gasteiger partial charge < -0.3 is 10.4 Å². The summed E-state index contributed by atoms with van der Waals surface area (Å²) in [5.74, 6) is 0.0666. The molecule has 1 aromatic carbocycles. The molecule has 2 N–H and O–H groups in total. The lowest BCUT2D eigenvalue weighted by molar-refractivity contribution is -0.131. The molecule has 1 amide bonds. The normalized spacial score (nSPS) is 18.3. The van der Waals surface area contributed by atoms with Crippen molar-refractivity contribution in [3.8, 4) is 0 Å². The van der Waals surface area contributed by atoms with Gasteiger partial charge in [-0.05, 0) is 42.4 Å². The van der Waals surface area contributed by atoms with Crippen LogP contribution in [-0.4, -0.2) is 34.5 Å². The monoisotopic (exact) mass is 291 g/mol. The van der Waals surface area contributed by atoms with Crippen LogP contribution < -0.4 is 5.32 Å². The summed E-state index contributed by atoms with van der Waals surface area (Å²) in [6, 6.07) is 6.94. The van der Waals surface area contributed by atoms with Gasteiger partial charge in [0.25, 0.3) is 5.91 Å². The van der Waals surface area contributed by atoms with Gasteiger partial charge >= 0.3 is 5.97 Å². The van der Waals surface area contributed by atoms with Crippen molar-refractivity contribution in [3.63, 3.8) is 0 Å². The number of amides is 1. The molecule has 1 atom stereocenters. The summed E-state index contributed by atoms with van der Waals surface area (Å²) in [7, 11) is 0. The number of thioether (sulfide) groups is 1. The first-order valence-electron chi connectivity index (χ1n) is 6.56. The van der Waals surface area contributed by atoms with Crippen LogP contribution in [0, 0.1) is 0 Å². The van der Waals surface area contributed by atoms with E-state index in [2.05, 4.69) is 5.32 Å². The molecule has 1 aliphatic heterocycles. The molecule has 0 spiro atoms. The Bertz CT molecular complexity index is 522. The Morgan fingerprint density at radius 2 is 2.30 bits per heavy atom. The van der Waals surface area contributed by atoms with Gasteiger partial charge in [-0.1, -0.05) is 12.1 Å². The fraction of sp³-hybridized carbons (Fsp3) is 0.333. The maximum Gasteiger partial charge on any atom is 0.328 e. The van der Waals surface area contributed by atoms with Crippen LogP contribution in [0.2, 0.25) is 0 Å². The molecule has 1 aliphatic rings. The largest absolute Gasteiger partial charge is 0.478 e. The Balaban J connectivity index is 1.95. The lowest BCUT2D eigenvalue weighted by Gasteiger charge is -2.10. The van der Waals surface area contributed by atoms with Crippen molar-refractivity contribution < 1.29 is 14.7 Å². The third-order valence-corrected chi connectivity index (χ3v) is 4.48. The molecule has 0 saturated carbocycles. The number of aliphatic carboxylic acids is 1. The van der Waals surface area contributed by atoms with Crippen molar-refractivity contribution in [2.24, 2.45) is 0 Å². The number of benzene rings is 1. The van der Waals surface area contributed by atoms with Gasteiger partial charge in [0, 0.05) is 23.4 Å². The molecule has 0 aromatic heterocycles. The van der Waals surface area contributed by atoms with E-state index in [1.165, 1.54) is 18.2 Å². The summed E-state index contributed by atoms with van der Waals surface area (Å²) >= 11 is 1.90. The maximum absolute atomic E-state index is 12.0. The van der Waals surface area contributed by atoms with Gasteiger partial charge in [0.15, 0.2) is 0 Å². The molecule has 106 valence electrons. The molecule has 2 rings (SSSR count). The summed E-state index contributed by atoms with van der Waals surface area (Å²) in [5, 5.41) is 12.0. The number of nitrogens with one attached hydrogen (secondary N) is 1. The number of carboxylic acid groups (broad SMARTS) is 1. The molecule has 1 fully saturated rings. The first-order valence-corrected chi connectivity index (χ1v) is 7.61. The molecule has 20 heavy (non-hydrogen) atoms. The van der Waals surface area contributed by atoms with E-state index in [9.17, 15) is 9.59 Å². The van der Waals surface area contributed by atoms with Crippen LogP contribution in [-0.2, 0) is 4.79 Å². The highest BCUT2D eigenvalue weighted by atomic mass is 32.2. The standard InChI is InChI=1S/C15H17NO3S/c17-14(18)7-6-11-3-1-4-12(9-11)15(19)16-10-13-5-2-8-20-13/h1,3-4,6-7,9,13H,2,5,8,10H2,(H,16,19)(H,17,18)/b7-6+.